The van der Waals surface area contributed by atoms with Gasteiger partial charge in [0.15, 0.2) is 0 Å². The topological polar surface area (TPSA) is 91.8 Å². The fourth-order valence-electron chi connectivity index (χ4n) is 2.95. The predicted octanol–water partition coefficient (Wildman–Crippen LogP) is 4.46. The van der Waals surface area contributed by atoms with Crippen LogP contribution in [0, 0.1) is 24.1 Å². The van der Waals surface area contributed by atoms with Crippen molar-refractivity contribution in [1.29, 1.82) is 5.26 Å². The lowest BCUT2D eigenvalue weighted by Crippen LogP contribution is -2.13. The zero-order chi connectivity index (χ0) is 19.7. The van der Waals surface area contributed by atoms with E-state index in [1.807, 2.05) is 6.07 Å². The van der Waals surface area contributed by atoms with Crippen LogP contribution in [0.25, 0.3) is 22.4 Å². The SMILES string of the molecule is Cc1noc2nc(-c3ccccc3F)cc(C(=O)Nc3cccc(C#N)c3)c12. The third kappa shape index (κ3) is 3.08. The molecular formula is C21H13FN4O2. The Morgan fingerprint density at radius 1 is 1.18 bits per heavy atom. The van der Waals surface area contributed by atoms with Gasteiger partial charge in [-0.2, -0.15) is 5.26 Å². The van der Waals surface area contributed by atoms with Crippen LogP contribution in [0.3, 0.4) is 0 Å². The summed E-state index contributed by atoms with van der Waals surface area (Å²) in [6.45, 7) is 1.70. The summed E-state index contributed by atoms with van der Waals surface area (Å²) < 4.78 is 19.4. The van der Waals surface area contributed by atoms with Crippen LogP contribution in [0.15, 0.2) is 59.1 Å². The van der Waals surface area contributed by atoms with Crippen molar-refractivity contribution < 1.29 is 13.7 Å². The highest BCUT2D eigenvalue weighted by molar-refractivity contribution is 6.13. The minimum atomic E-state index is -0.460. The number of nitrogens with one attached hydrogen (secondary N) is 1. The number of nitriles is 1. The van der Waals surface area contributed by atoms with Crippen LogP contribution >= 0.6 is 0 Å². The molecule has 1 amide bonds. The van der Waals surface area contributed by atoms with E-state index in [-0.39, 0.29) is 22.5 Å². The molecule has 28 heavy (non-hydrogen) atoms. The van der Waals surface area contributed by atoms with Crippen molar-refractivity contribution in [3.8, 4) is 17.3 Å². The standard InChI is InChI=1S/C21H13FN4O2/c1-12-19-16(20(27)24-14-6-4-5-13(9-14)11-23)10-18(25-21(19)28-26-12)15-7-2-3-8-17(15)22/h2-10H,1H3,(H,24,27). The number of pyridine rings is 1. The summed E-state index contributed by atoms with van der Waals surface area (Å²) in [4.78, 5) is 17.3. The maximum atomic E-state index is 14.2. The van der Waals surface area contributed by atoms with Gasteiger partial charge < -0.3 is 9.84 Å². The van der Waals surface area contributed by atoms with Crippen LogP contribution in [0.1, 0.15) is 21.6 Å². The second kappa shape index (κ2) is 6.93. The van der Waals surface area contributed by atoms with E-state index < -0.39 is 11.7 Å². The van der Waals surface area contributed by atoms with Crippen LogP contribution in [0.2, 0.25) is 0 Å². The highest BCUT2D eigenvalue weighted by Crippen LogP contribution is 2.29. The number of anilines is 1. The summed E-state index contributed by atoms with van der Waals surface area (Å²) in [5.41, 5.74) is 2.30. The van der Waals surface area contributed by atoms with Crippen molar-refractivity contribution in [2.45, 2.75) is 6.92 Å². The van der Waals surface area contributed by atoms with Crippen molar-refractivity contribution in [3.05, 3.63) is 77.2 Å². The van der Waals surface area contributed by atoms with E-state index in [1.54, 1.807) is 49.4 Å². The summed E-state index contributed by atoms with van der Waals surface area (Å²) in [6.07, 6.45) is 0. The number of benzene rings is 2. The molecule has 2 aromatic heterocycles. The van der Waals surface area contributed by atoms with E-state index >= 15 is 0 Å². The van der Waals surface area contributed by atoms with Gasteiger partial charge in [-0.15, -0.1) is 0 Å². The zero-order valence-electron chi connectivity index (χ0n) is 14.7. The molecule has 4 rings (SSSR count). The van der Waals surface area contributed by atoms with E-state index in [0.29, 0.717) is 22.3 Å². The summed E-state index contributed by atoms with van der Waals surface area (Å²) >= 11 is 0. The Morgan fingerprint density at radius 3 is 2.79 bits per heavy atom. The molecule has 1 N–H and O–H groups in total. The molecule has 0 atom stereocenters. The number of fused-ring (bicyclic) bond motifs is 1. The van der Waals surface area contributed by atoms with E-state index in [1.165, 1.54) is 12.1 Å². The normalized spacial score (nSPS) is 10.6. The largest absolute Gasteiger partial charge is 0.335 e. The number of rotatable bonds is 3. The highest BCUT2D eigenvalue weighted by Gasteiger charge is 2.20. The summed E-state index contributed by atoms with van der Waals surface area (Å²) in [5, 5.41) is 16.1. The molecule has 7 heteroatoms. The molecule has 0 fully saturated rings. The van der Waals surface area contributed by atoms with Crippen LogP contribution in [0.5, 0.6) is 0 Å². The average molecular weight is 372 g/mol. The highest BCUT2D eigenvalue weighted by atomic mass is 19.1. The molecule has 0 saturated carbocycles. The molecule has 0 spiro atoms. The van der Waals surface area contributed by atoms with Crippen molar-refractivity contribution in [3.63, 3.8) is 0 Å². The van der Waals surface area contributed by atoms with Gasteiger partial charge in [0.05, 0.1) is 34.0 Å². The third-order valence-corrected chi connectivity index (χ3v) is 4.26. The molecule has 0 saturated heterocycles. The monoisotopic (exact) mass is 372 g/mol. The molecule has 0 aliphatic rings. The maximum Gasteiger partial charge on any atom is 0.259 e. The molecule has 136 valence electrons. The van der Waals surface area contributed by atoms with Crippen LogP contribution in [-0.4, -0.2) is 16.0 Å². The molecule has 0 bridgehead atoms. The molecule has 0 aliphatic heterocycles. The number of aromatic nitrogens is 2. The Kier molecular flexibility index (Phi) is 4.30. The lowest BCUT2D eigenvalue weighted by Gasteiger charge is -2.09. The first-order valence-corrected chi connectivity index (χ1v) is 8.40. The summed E-state index contributed by atoms with van der Waals surface area (Å²) in [7, 11) is 0. The first-order valence-electron chi connectivity index (χ1n) is 8.40. The maximum absolute atomic E-state index is 14.2. The first kappa shape index (κ1) is 17.4. The molecular weight excluding hydrogens is 359 g/mol. The third-order valence-electron chi connectivity index (χ3n) is 4.26. The number of aryl methyl sites for hydroxylation is 1. The Balaban J connectivity index is 1.83. The number of amides is 1. The van der Waals surface area contributed by atoms with Gasteiger partial charge in [-0.25, -0.2) is 9.37 Å². The summed E-state index contributed by atoms with van der Waals surface area (Å²) in [5.74, 6) is -0.898. The number of carbonyl (C=O) groups excluding carboxylic acids is 1. The van der Waals surface area contributed by atoms with Gasteiger partial charge in [0.2, 0.25) is 0 Å². The van der Waals surface area contributed by atoms with Gasteiger partial charge in [-0.3, -0.25) is 4.79 Å². The molecule has 2 heterocycles. The van der Waals surface area contributed by atoms with E-state index in [0.717, 1.165) is 0 Å². The van der Waals surface area contributed by atoms with Crippen LogP contribution < -0.4 is 5.32 Å². The Labute approximate surface area is 159 Å². The fraction of sp³-hybridized carbons (Fsp3) is 0.0476. The second-order valence-corrected chi connectivity index (χ2v) is 6.13. The van der Waals surface area contributed by atoms with Crippen molar-refractivity contribution in [2.24, 2.45) is 0 Å². The number of nitrogens with zero attached hydrogens (tertiary/aromatic N) is 3. The number of carbonyl (C=O) groups is 1. The Hall–Kier alpha value is -4.05. The van der Waals surface area contributed by atoms with Gasteiger partial charge in [0.25, 0.3) is 11.6 Å². The van der Waals surface area contributed by atoms with E-state index in [4.69, 9.17) is 9.78 Å². The molecule has 2 aromatic carbocycles. The van der Waals surface area contributed by atoms with Gasteiger partial charge in [-0.05, 0) is 43.3 Å². The van der Waals surface area contributed by atoms with Crippen LogP contribution in [-0.2, 0) is 0 Å². The minimum absolute atomic E-state index is 0.147. The van der Waals surface area contributed by atoms with Gasteiger partial charge >= 0.3 is 0 Å². The molecule has 0 unspecified atom stereocenters. The van der Waals surface area contributed by atoms with Crippen molar-refractivity contribution in [1.82, 2.24) is 10.1 Å². The molecule has 0 aliphatic carbocycles. The number of hydrogen-bond acceptors (Lipinski definition) is 5. The van der Waals surface area contributed by atoms with E-state index in [9.17, 15) is 9.18 Å². The predicted molar refractivity (Wildman–Crippen MR) is 101 cm³/mol. The Morgan fingerprint density at radius 2 is 2.00 bits per heavy atom. The fourth-order valence-corrected chi connectivity index (χ4v) is 2.95. The first-order chi connectivity index (χ1) is 13.6. The quantitative estimate of drug-likeness (QED) is 0.573. The molecule has 4 aromatic rings. The zero-order valence-corrected chi connectivity index (χ0v) is 14.7. The lowest BCUT2D eigenvalue weighted by molar-refractivity contribution is 0.102. The van der Waals surface area contributed by atoms with Crippen molar-refractivity contribution in [2.75, 3.05) is 5.32 Å². The smallest absolute Gasteiger partial charge is 0.259 e. The van der Waals surface area contributed by atoms with Crippen molar-refractivity contribution >= 4 is 22.7 Å². The van der Waals surface area contributed by atoms with Crippen LogP contribution in [0.4, 0.5) is 10.1 Å². The minimum Gasteiger partial charge on any atom is -0.335 e. The molecule has 6 nitrogen and oxygen atoms in total. The van der Waals surface area contributed by atoms with Gasteiger partial charge in [-0.1, -0.05) is 23.4 Å². The van der Waals surface area contributed by atoms with Gasteiger partial charge in [0, 0.05) is 11.3 Å². The number of halogens is 1. The second-order valence-electron chi connectivity index (χ2n) is 6.13. The number of hydrogen-bond donors (Lipinski definition) is 1. The summed E-state index contributed by atoms with van der Waals surface area (Å²) in [6, 6.07) is 16.2. The Bertz CT molecular complexity index is 1260. The lowest BCUT2D eigenvalue weighted by atomic mass is 10.0. The molecule has 0 radical (unpaired) electrons. The van der Waals surface area contributed by atoms with E-state index in [2.05, 4.69) is 15.5 Å². The average Bonchev–Trinajstić information content (AvgIpc) is 3.08. The van der Waals surface area contributed by atoms with Gasteiger partial charge in [0.1, 0.15) is 5.82 Å².